The van der Waals surface area contributed by atoms with E-state index in [0.717, 1.165) is 32.4 Å². The Labute approximate surface area is 99.4 Å². The van der Waals surface area contributed by atoms with Crippen LogP contribution < -0.4 is 11.1 Å². The van der Waals surface area contributed by atoms with E-state index in [1.165, 1.54) is 0 Å². The molecule has 94 valence electrons. The fourth-order valence-corrected chi connectivity index (χ4v) is 2.24. The van der Waals surface area contributed by atoms with Crippen molar-refractivity contribution in [2.45, 2.75) is 44.8 Å². The molecule has 3 N–H and O–H groups in total. The van der Waals surface area contributed by atoms with E-state index in [4.69, 9.17) is 10.5 Å². The van der Waals surface area contributed by atoms with E-state index >= 15 is 0 Å². The Kier molecular flexibility index (Phi) is 5.46. The highest BCUT2D eigenvalue weighted by Crippen LogP contribution is 2.27. The molecule has 3 nitrogen and oxygen atoms in total. The predicted octanol–water partition coefficient (Wildman–Crippen LogP) is 1.68. The van der Waals surface area contributed by atoms with Crippen LogP contribution >= 0.6 is 0 Å². The van der Waals surface area contributed by atoms with Crippen LogP contribution in [0.5, 0.6) is 0 Å². The fraction of sp³-hybridized carbons (Fsp3) is 0.846. The quantitative estimate of drug-likeness (QED) is 0.535. The standard InChI is InChI=1S/C13H26N2O/c1-4-5-7-15-13(10-14)6-8-16-12(9-13)11(2)3/h4,11-12,15H,1,5-10,14H2,2-3H3. The molecule has 0 radical (unpaired) electrons. The molecule has 0 aromatic heterocycles. The number of ether oxygens (including phenoxy) is 1. The van der Waals surface area contributed by atoms with Crippen LogP contribution in [0.15, 0.2) is 12.7 Å². The monoisotopic (exact) mass is 226 g/mol. The zero-order valence-electron chi connectivity index (χ0n) is 10.7. The van der Waals surface area contributed by atoms with Gasteiger partial charge in [-0.2, -0.15) is 0 Å². The van der Waals surface area contributed by atoms with Crippen LogP contribution in [-0.4, -0.2) is 31.3 Å². The first kappa shape index (κ1) is 13.7. The average Bonchev–Trinajstić information content (AvgIpc) is 2.30. The van der Waals surface area contributed by atoms with Crippen LogP contribution in [0.3, 0.4) is 0 Å². The topological polar surface area (TPSA) is 47.3 Å². The maximum absolute atomic E-state index is 5.94. The summed E-state index contributed by atoms with van der Waals surface area (Å²) >= 11 is 0. The Balaban J connectivity index is 2.52. The smallest absolute Gasteiger partial charge is 0.0616 e. The molecule has 2 unspecified atom stereocenters. The highest BCUT2D eigenvalue weighted by Gasteiger charge is 2.36. The molecule has 0 aliphatic carbocycles. The van der Waals surface area contributed by atoms with E-state index in [1.54, 1.807) is 0 Å². The molecule has 1 rings (SSSR count). The van der Waals surface area contributed by atoms with Gasteiger partial charge in [0.25, 0.3) is 0 Å². The Morgan fingerprint density at radius 2 is 2.38 bits per heavy atom. The minimum absolute atomic E-state index is 0.0796. The summed E-state index contributed by atoms with van der Waals surface area (Å²) in [7, 11) is 0. The molecule has 3 heteroatoms. The van der Waals surface area contributed by atoms with Crippen LogP contribution in [0, 0.1) is 5.92 Å². The molecule has 0 aromatic rings. The second-order valence-electron chi connectivity index (χ2n) is 5.10. The summed E-state index contributed by atoms with van der Waals surface area (Å²) in [5, 5.41) is 3.59. The summed E-state index contributed by atoms with van der Waals surface area (Å²) in [5.41, 5.74) is 6.02. The number of nitrogens with one attached hydrogen (secondary N) is 1. The minimum atomic E-state index is 0.0796. The molecule has 16 heavy (non-hydrogen) atoms. The molecule has 0 saturated carbocycles. The number of nitrogens with two attached hydrogens (primary N) is 1. The summed E-state index contributed by atoms with van der Waals surface area (Å²) < 4.78 is 5.79. The summed E-state index contributed by atoms with van der Waals surface area (Å²) in [6.45, 7) is 10.6. The van der Waals surface area contributed by atoms with Gasteiger partial charge < -0.3 is 15.8 Å². The lowest BCUT2D eigenvalue weighted by molar-refractivity contribution is -0.0491. The summed E-state index contributed by atoms with van der Waals surface area (Å²) in [6, 6.07) is 0. The number of hydrogen-bond donors (Lipinski definition) is 2. The molecule has 2 atom stereocenters. The van der Waals surface area contributed by atoms with E-state index in [-0.39, 0.29) is 5.54 Å². The highest BCUT2D eigenvalue weighted by molar-refractivity contribution is 4.95. The van der Waals surface area contributed by atoms with Crippen LogP contribution in [0.25, 0.3) is 0 Å². The van der Waals surface area contributed by atoms with Crippen LogP contribution in [0.1, 0.15) is 33.1 Å². The second kappa shape index (κ2) is 6.38. The molecule has 0 spiro atoms. The van der Waals surface area contributed by atoms with Crippen molar-refractivity contribution in [2.24, 2.45) is 11.7 Å². The minimum Gasteiger partial charge on any atom is -0.378 e. The molecule has 0 aromatic carbocycles. The van der Waals surface area contributed by atoms with Gasteiger partial charge in [-0.1, -0.05) is 19.9 Å². The van der Waals surface area contributed by atoms with Crippen molar-refractivity contribution >= 4 is 0 Å². The lowest BCUT2D eigenvalue weighted by atomic mass is 9.83. The van der Waals surface area contributed by atoms with Gasteiger partial charge in [0.15, 0.2) is 0 Å². The lowest BCUT2D eigenvalue weighted by Crippen LogP contribution is -2.57. The summed E-state index contributed by atoms with van der Waals surface area (Å²) in [6.07, 6.45) is 5.32. The Morgan fingerprint density at radius 1 is 1.62 bits per heavy atom. The second-order valence-corrected chi connectivity index (χ2v) is 5.10. The van der Waals surface area contributed by atoms with Crippen molar-refractivity contribution in [3.05, 3.63) is 12.7 Å². The average molecular weight is 226 g/mol. The van der Waals surface area contributed by atoms with Gasteiger partial charge in [0.2, 0.25) is 0 Å². The third kappa shape index (κ3) is 3.58. The van der Waals surface area contributed by atoms with E-state index in [1.807, 2.05) is 6.08 Å². The van der Waals surface area contributed by atoms with Crippen molar-refractivity contribution in [3.63, 3.8) is 0 Å². The molecule has 1 heterocycles. The molecule has 1 fully saturated rings. The van der Waals surface area contributed by atoms with Gasteiger partial charge >= 0.3 is 0 Å². The molecule has 0 amide bonds. The molecular weight excluding hydrogens is 200 g/mol. The van der Waals surface area contributed by atoms with Gasteiger partial charge in [-0.25, -0.2) is 0 Å². The normalized spacial score (nSPS) is 30.6. The summed E-state index contributed by atoms with van der Waals surface area (Å²) in [5.74, 6) is 0.562. The van der Waals surface area contributed by atoms with Crippen LogP contribution in [0.4, 0.5) is 0 Å². The highest BCUT2D eigenvalue weighted by atomic mass is 16.5. The Bertz CT molecular complexity index is 218. The van der Waals surface area contributed by atoms with Crippen LogP contribution in [0.2, 0.25) is 0 Å². The number of hydrogen-bond acceptors (Lipinski definition) is 3. The third-order valence-corrected chi connectivity index (χ3v) is 3.49. The first-order valence-corrected chi connectivity index (χ1v) is 6.31. The zero-order chi connectivity index (χ0) is 12.0. The molecular formula is C13H26N2O. The van der Waals surface area contributed by atoms with Crippen molar-refractivity contribution < 1.29 is 4.74 Å². The van der Waals surface area contributed by atoms with Gasteiger partial charge in [-0.3, -0.25) is 0 Å². The first-order valence-electron chi connectivity index (χ1n) is 6.31. The maximum atomic E-state index is 5.94. The lowest BCUT2D eigenvalue weighted by Gasteiger charge is -2.42. The molecule has 0 bridgehead atoms. The predicted molar refractivity (Wildman–Crippen MR) is 68.4 cm³/mol. The summed E-state index contributed by atoms with van der Waals surface area (Å²) in [4.78, 5) is 0. The first-order chi connectivity index (χ1) is 7.63. The van der Waals surface area contributed by atoms with E-state index in [9.17, 15) is 0 Å². The number of rotatable bonds is 6. The molecule has 1 aliphatic heterocycles. The van der Waals surface area contributed by atoms with Crippen molar-refractivity contribution in [1.82, 2.24) is 5.32 Å². The van der Waals surface area contributed by atoms with Crippen LogP contribution in [-0.2, 0) is 4.74 Å². The molecule has 1 aliphatic rings. The van der Waals surface area contributed by atoms with Crippen molar-refractivity contribution in [3.8, 4) is 0 Å². The SMILES string of the molecule is C=CCCNC1(CN)CCOC(C(C)C)C1. The Morgan fingerprint density at radius 3 is 2.94 bits per heavy atom. The largest absolute Gasteiger partial charge is 0.378 e. The van der Waals surface area contributed by atoms with E-state index in [2.05, 4.69) is 25.7 Å². The maximum Gasteiger partial charge on any atom is 0.0616 e. The third-order valence-electron chi connectivity index (χ3n) is 3.49. The van der Waals surface area contributed by atoms with Gasteiger partial charge in [0.05, 0.1) is 6.10 Å². The van der Waals surface area contributed by atoms with Gasteiger partial charge in [-0.05, 0) is 31.7 Å². The van der Waals surface area contributed by atoms with Crippen molar-refractivity contribution in [1.29, 1.82) is 0 Å². The fourth-order valence-electron chi connectivity index (χ4n) is 2.24. The van der Waals surface area contributed by atoms with Gasteiger partial charge in [0, 0.05) is 18.7 Å². The zero-order valence-corrected chi connectivity index (χ0v) is 10.7. The van der Waals surface area contributed by atoms with E-state index in [0.29, 0.717) is 18.6 Å². The Hall–Kier alpha value is -0.380. The van der Waals surface area contributed by atoms with Gasteiger partial charge in [-0.15, -0.1) is 6.58 Å². The van der Waals surface area contributed by atoms with E-state index < -0.39 is 0 Å². The van der Waals surface area contributed by atoms with Gasteiger partial charge in [0.1, 0.15) is 0 Å². The van der Waals surface area contributed by atoms with Crippen molar-refractivity contribution in [2.75, 3.05) is 19.7 Å². The molecule has 1 saturated heterocycles.